The molecule has 1 heterocycles. The van der Waals surface area contributed by atoms with Crippen LogP contribution in [0, 0.1) is 0 Å². The zero-order valence-corrected chi connectivity index (χ0v) is 11.7. The minimum Gasteiger partial charge on any atom is -0.468 e. The fourth-order valence-corrected chi connectivity index (χ4v) is 2.22. The van der Waals surface area contributed by atoms with E-state index in [1.54, 1.807) is 31.2 Å². The van der Waals surface area contributed by atoms with Gasteiger partial charge in [-0.1, -0.05) is 23.7 Å². The van der Waals surface area contributed by atoms with Gasteiger partial charge in [-0.25, -0.2) is 4.79 Å². The van der Waals surface area contributed by atoms with Gasteiger partial charge in [0.2, 0.25) is 0 Å². The Hall–Kier alpha value is -2.08. The van der Waals surface area contributed by atoms with E-state index >= 15 is 0 Å². The molecule has 7 heteroatoms. The van der Waals surface area contributed by atoms with E-state index in [0.717, 1.165) is 4.90 Å². The number of ether oxygens (including phenoxy) is 1. The quantitative estimate of drug-likeness (QED) is 0.673. The zero-order chi connectivity index (χ0) is 14.9. The molecule has 1 aliphatic heterocycles. The van der Waals surface area contributed by atoms with Crippen molar-refractivity contribution >= 4 is 29.5 Å². The molecule has 106 valence electrons. The number of halogens is 1. The highest BCUT2D eigenvalue weighted by Crippen LogP contribution is 2.30. The molecule has 1 unspecified atom stereocenters. The molecule has 20 heavy (non-hydrogen) atoms. The Morgan fingerprint density at radius 3 is 2.75 bits per heavy atom. The number of rotatable bonds is 3. The van der Waals surface area contributed by atoms with Gasteiger partial charge in [0.15, 0.2) is 0 Å². The van der Waals surface area contributed by atoms with Crippen LogP contribution in [0.3, 0.4) is 0 Å². The van der Waals surface area contributed by atoms with Gasteiger partial charge in [0.25, 0.3) is 5.91 Å². The first-order chi connectivity index (χ1) is 9.38. The standard InChI is InChI=1S/C13H13ClN2O4/c1-13(8-4-3-5-9(14)6-8)11(18)16(12(19)15-13)7-10(17)20-2/h3-6H,7H2,1-2H3,(H,15,19). The summed E-state index contributed by atoms with van der Waals surface area (Å²) in [6.45, 7) is 1.15. The Labute approximate surface area is 120 Å². The second-order valence-corrected chi connectivity index (χ2v) is 4.97. The van der Waals surface area contributed by atoms with Crippen LogP contribution in [-0.2, 0) is 19.9 Å². The van der Waals surface area contributed by atoms with E-state index in [-0.39, 0.29) is 0 Å². The van der Waals surface area contributed by atoms with E-state index in [1.807, 2.05) is 0 Å². The summed E-state index contributed by atoms with van der Waals surface area (Å²) in [4.78, 5) is 36.3. The van der Waals surface area contributed by atoms with Gasteiger partial charge >= 0.3 is 12.0 Å². The Kier molecular flexibility index (Phi) is 3.67. The number of methoxy groups -OCH3 is 1. The number of esters is 1. The summed E-state index contributed by atoms with van der Waals surface area (Å²) in [5.41, 5.74) is -0.688. The summed E-state index contributed by atoms with van der Waals surface area (Å²) in [5.74, 6) is -1.18. The van der Waals surface area contributed by atoms with Gasteiger partial charge in [-0.05, 0) is 24.6 Å². The average Bonchev–Trinajstić information content (AvgIpc) is 2.63. The molecule has 1 N–H and O–H groups in total. The van der Waals surface area contributed by atoms with Crippen molar-refractivity contribution in [2.45, 2.75) is 12.5 Å². The number of carbonyl (C=O) groups excluding carboxylic acids is 3. The molecular weight excluding hydrogens is 284 g/mol. The van der Waals surface area contributed by atoms with Crippen LogP contribution in [0.15, 0.2) is 24.3 Å². The number of hydrogen-bond acceptors (Lipinski definition) is 4. The van der Waals surface area contributed by atoms with Crippen molar-refractivity contribution in [1.29, 1.82) is 0 Å². The third kappa shape index (κ3) is 2.34. The lowest BCUT2D eigenvalue weighted by Crippen LogP contribution is -2.41. The summed E-state index contributed by atoms with van der Waals surface area (Å²) in [5, 5.41) is 3.03. The van der Waals surface area contributed by atoms with Crippen molar-refractivity contribution < 1.29 is 19.1 Å². The first-order valence-corrected chi connectivity index (χ1v) is 6.23. The lowest BCUT2D eigenvalue weighted by Gasteiger charge is -2.22. The summed E-state index contributed by atoms with van der Waals surface area (Å²) < 4.78 is 4.47. The van der Waals surface area contributed by atoms with Gasteiger partial charge in [-0.3, -0.25) is 14.5 Å². The molecule has 2 rings (SSSR count). The lowest BCUT2D eigenvalue weighted by molar-refractivity contribution is -0.145. The molecule has 1 fully saturated rings. The molecular formula is C13H13ClN2O4. The SMILES string of the molecule is COC(=O)CN1C(=O)NC(C)(c2cccc(Cl)c2)C1=O. The third-order valence-corrected chi connectivity index (χ3v) is 3.43. The van der Waals surface area contributed by atoms with Gasteiger partial charge in [-0.15, -0.1) is 0 Å². The molecule has 1 atom stereocenters. The molecule has 0 bridgehead atoms. The molecule has 1 aliphatic rings. The van der Waals surface area contributed by atoms with Crippen LogP contribution in [0.4, 0.5) is 4.79 Å². The van der Waals surface area contributed by atoms with E-state index in [4.69, 9.17) is 11.6 Å². The van der Waals surface area contributed by atoms with E-state index in [2.05, 4.69) is 10.1 Å². The number of urea groups is 1. The molecule has 1 aromatic rings. The molecule has 0 aromatic heterocycles. The number of benzene rings is 1. The fourth-order valence-electron chi connectivity index (χ4n) is 2.03. The Morgan fingerprint density at radius 2 is 2.15 bits per heavy atom. The normalized spacial score (nSPS) is 21.9. The minimum absolute atomic E-state index is 0.419. The maximum absolute atomic E-state index is 12.4. The van der Waals surface area contributed by atoms with Gasteiger partial charge < -0.3 is 10.1 Å². The largest absolute Gasteiger partial charge is 0.468 e. The zero-order valence-electron chi connectivity index (χ0n) is 11.0. The molecule has 1 saturated heterocycles. The first kappa shape index (κ1) is 14.3. The summed E-state index contributed by atoms with van der Waals surface area (Å²) >= 11 is 5.90. The van der Waals surface area contributed by atoms with Crippen LogP contribution in [-0.4, -0.2) is 36.5 Å². The maximum atomic E-state index is 12.4. The van der Waals surface area contributed by atoms with E-state index in [9.17, 15) is 14.4 Å². The highest BCUT2D eigenvalue weighted by atomic mass is 35.5. The van der Waals surface area contributed by atoms with Gasteiger partial charge in [-0.2, -0.15) is 0 Å². The van der Waals surface area contributed by atoms with E-state index in [0.29, 0.717) is 10.6 Å². The number of carbonyl (C=O) groups is 3. The van der Waals surface area contributed by atoms with Crippen molar-refractivity contribution in [2.24, 2.45) is 0 Å². The van der Waals surface area contributed by atoms with Crippen molar-refractivity contribution in [1.82, 2.24) is 10.2 Å². The molecule has 1 aromatic carbocycles. The van der Waals surface area contributed by atoms with Crippen molar-refractivity contribution in [2.75, 3.05) is 13.7 Å². The number of hydrogen-bond donors (Lipinski definition) is 1. The Balaban J connectivity index is 2.33. The second kappa shape index (κ2) is 5.13. The number of imide groups is 1. The van der Waals surface area contributed by atoms with Crippen LogP contribution in [0.1, 0.15) is 12.5 Å². The molecule has 0 saturated carbocycles. The highest BCUT2D eigenvalue weighted by Gasteiger charge is 2.49. The predicted molar refractivity (Wildman–Crippen MR) is 71.1 cm³/mol. The number of amides is 3. The van der Waals surface area contributed by atoms with Gasteiger partial charge in [0, 0.05) is 5.02 Å². The van der Waals surface area contributed by atoms with E-state index in [1.165, 1.54) is 7.11 Å². The minimum atomic E-state index is -1.24. The van der Waals surface area contributed by atoms with Crippen LogP contribution < -0.4 is 5.32 Å². The second-order valence-electron chi connectivity index (χ2n) is 4.53. The predicted octanol–water partition coefficient (Wildman–Crippen LogP) is 1.28. The monoisotopic (exact) mass is 296 g/mol. The van der Waals surface area contributed by atoms with Crippen LogP contribution in [0.25, 0.3) is 0 Å². The number of nitrogens with one attached hydrogen (secondary N) is 1. The summed E-state index contributed by atoms with van der Waals surface area (Å²) in [6.07, 6.45) is 0. The van der Waals surface area contributed by atoms with Gasteiger partial charge in [0.1, 0.15) is 12.1 Å². The molecule has 6 nitrogen and oxygen atoms in total. The van der Waals surface area contributed by atoms with Crippen molar-refractivity contribution in [3.05, 3.63) is 34.9 Å². The van der Waals surface area contributed by atoms with Crippen molar-refractivity contribution in [3.8, 4) is 0 Å². The number of nitrogens with zero attached hydrogens (tertiary/aromatic N) is 1. The third-order valence-electron chi connectivity index (χ3n) is 3.19. The molecule has 0 aliphatic carbocycles. The van der Waals surface area contributed by atoms with Gasteiger partial charge in [0.05, 0.1) is 7.11 Å². The average molecular weight is 297 g/mol. The Morgan fingerprint density at radius 1 is 1.45 bits per heavy atom. The molecule has 0 radical (unpaired) electrons. The highest BCUT2D eigenvalue weighted by molar-refractivity contribution is 6.30. The topological polar surface area (TPSA) is 75.7 Å². The summed E-state index contributed by atoms with van der Waals surface area (Å²) in [6, 6.07) is 6.00. The van der Waals surface area contributed by atoms with Crippen LogP contribution in [0.5, 0.6) is 0 Å². The smallest absolute Gasteiger partial charge is 0.325 e. The fraction of sp³-hybridized carbons (Fsp3) is 0.308. The van der Waals surface area contributed by atoms with Crippen LogP contribution >= 0.6 is 11.6 Å². The molecule has 3 amide bonds. The Bertz CT molecular complexity index is 589. The summed E-state index contributed by atoms with van der Waals surface area (Å²) in [7, 11) is 1.19. The van der Waals surface area contributed by atoms with Crippen molar-refractivity contribution in [3.63, 3.8) is 0 Å². The maximum Gasteiger partial charge on any atom is 0.325 e. The first-order valence-electron chi connectivity index (χ1n) is 5.85. The van der Waals surface area contributed by atoms with E-state index < -0.39 is 30.0 Å². The molecule has 0 spiro atoms. The lowest BCUT2D eigenvalue weighted by atomic mass is 9.92. The van der Waals surface area contributed by atoms with Crippen LogP contribution in [0.2, 0.25) is 5.02 Å².